The maximum Gasteiger partial charge on any atom is 0.231 e. The topological polar surface area (TPSA) is 80.5 Å². The fraction of sp³-hybridized carbons (Fsp3) is 0.571. The van der Waals surface area contributed by atoms with Crippen molar-refractivity contribution >= 4 is 5.91 Å². The molecule has 2 aromatic rings. The molecule has 0 bridgehead atoms. The SMILES string of the molecule is Cc1noc([C@H]2CCN(Cc3ccc4c(c3)CCO4)C[C@H]2NC(=O)C2CC2)n1. The van der Waals surface area contributed by atoms with Crippen LogP contribution in [0.2, 0.25) is 0 Å². The van der Waals surface area contributed by atoms with Crippen molar-refractivity contribution in [3.8, 4) is 5.75 Å². The summed E-state index contributed by atoms with van der Waals surface area (Å²) in [4.78, 5) is 19.3. The number of benzene rings is 1. The molecule has 148 valence electrons. The molecular formula is C21H26N4O3. The van der Waals surface area contributed by atoms with E-state index in [1.165, 1.54) is 11.1 Å². The van der Waals surface area contributed by atoms with E-state index in [1.54, 1.807) is 0 Å². The van der Waals surface area contributed by atoms with Gasteiger partial charge in [-0.25, -0.2) is 0 Å². The zero-order chi connectivity index (χ0) is 19.1. The van der Waals surface area contributed by atoms with Gasteiger partial charge in [0.15, 0.2) is 5.82 Å². The Balaban J connectivity index is 1.30. The number of carbonyl (C=O) groups excluding carboxylic acids is 1. The summed E-state index contributed by atoms with van der Waals surface area (Å²) in [7, 11) is 0. The Labute approximate surface area is 164 Å². The number of hydrogen-bond donors (Lipinski definition) is 1. The molecule has 3 aliphatic rings. The Kier molecular flexibility index (Phi) is 4.55. The zero-order valence-corrected chi connectivity index (χ0v) is 16.2. The van der Waals surface area contributed by atoms with Crippen LogP contribution in [0, 0.1) is 12.8 Å². The van der Waals surface area contributed by atoms with Crippen LogP contribution in [0.1, 0.15) is 48.0 Å². The summed E-state index contributed by atoms with van der Waals surface area (Å²) in [5.41, 5.74) is 2.59. The first-order valence-corrected chi connectivity index (χ1v) is 10.2. The molecule has 0 radical (unpaired) electrons. The summed E-state index contributed by atoms with van der Waals surface area (Å²) in [6.45, 7) is 5.22. The van der Waals surface area contributed by atoms with E-state index in [0.29, 0.717) is 11.7 Å². The van der Waals surface area contributed by atoms with E-state index in [4.69, 9.17) is 9.26 Å². The fourth-order valence-electron chi connectivity index (χ4n) is 4.31. The molecule has 1 N–H and O–H groups in total. The van der Waals surface area contributed by atoms with Gasteiger partial charge in [0.05, 0.1) is 18.6 Å². The maximum absolute atomic E-state index is 12.4. The highest BCUT2D eigenvalue weighted by atomic mass is 16.5. The Bertz CT molecular complexity index is 876. The smallest absolute Gasteiger partial charge is 0.231 e. The Morgan fingerprint density at radius 2 is 2.21 bits per heavy atom. The summed E-state index contributed by atoms with van der Waals surface area (Å²) in [6.07, 6.45) is 3.89. The van der Waals surface area contributed by atoms with Gasteiger partial charge in [-0.15, -0.1) is 0 Å². The zero-order valence-electron chi connectivity index (χ0n) is 16.2. The molecular weight excluding hydrogens is 356 g/mol. The summed E-state index contributed by atoms with van der Waals surface area (Å²) >= 11 is 0. The van der Waals surface area contributed by atoms with Crippen molar-refractivity contribution in [2.45, 2.75) is 51.1 Å². The van der Waals surface area contributed by atoms with Crippen molar-refractivity contribution < 1.29 is 14.1 Å². The molecule has 28 heavy (non-hydrogen) atoms. The van der Waals surface area contributed by atoms with Crippen LogP contribution in [0.25, 0.3) is 0 Å². The van der Waals surface area contributed by atoms with Crippen LogP contribution in [0.5, 0.6) is 5.75 Å². The first-order valence-electron chi connectivity index (χ1n) is 10.2. The quantitative estimate of drug-likeness (QED) is 0.854. The van der Waals surface area contributed by atoms with Crippen LogP contribution in [-0.4, -0.2) is 46.7 Å². The van der Waals surface area contributed by atoms with Crippen LogP contribution in [-0.2, 0) is 17.8 Å². The van der Waals surface area contributed by atoms with Crippen LogP contribution in [0.15, 0.2) is 22.7 Å². The lowest BCUT2D eigenvalue weighted by Crippen LogP contribution is -2.51. The summed E-state index contributed by atoms with van der Waals surface area (Å²) in [5, 5.41) is 7.22. The predicted molar refractivity (Wildman–Crippen MR) is 102 cm³/mol. The van der Waals surface area contributed by atoms with E-state index >= 15 is 0 Å². The van der Waals surface area contributed by atoms with E-state index in [9.17, 15) is 4.79 Å². The van der Waals surface area contributed by atoms with Crippen LogP contribution in [0.4, 0.5) is 0 Å². The molecule has 2 atom stereocenters. The second-order valence-electron chi connectivity index (χ2n) is 8.24. The summed E-state index contributed by atoms with van der Waals surface area (Å²) in [6, 6.07) is 6.49. The monoisotopic (exact) mass is 382 g/mol. The summed E-state index contributed by atoms with van der Waals surface area (Å²) in [5.74, 6) is 2.75. The highest BCUT2D eigenvalue weighted by Crippen LogP contribution is 2.33. The Morgan fingerprint density at radius 3 is 3.00 bits per heavy atom. The van der Waals surface area contributed by atoms with Gasteiger partial charge in [-0.3, -0.25) is 9.69 Å². The molecule has 7 nitrogen and oxygen atoms in total. The van der Waals surface area contributed by atoms with Crippen molar-refractivity contribution in [2.75, 3.05) is 19.7 Å². The predicted octanol–water partition coefficient (Wildman–Crippen LogP) is 2.20. The lowest BCUT2D eigenvalue weighted by Gasteiger charge is -2.37. The van der Waals surface area contributed by atoms with E-state index in [-0.39, 0.29) is 23.8 Å². The number of aryl methyl sites for hydroxylation is 1. The number of carbonyl (C=O) groups is 1. The lowest BCUT2D eigenvalue weighted by molar-refractivity contribution is -0.123. The summed E-state index contributed by atoms with van der Waals surface area (Å²) < 4.78 is 11.1. The average molecular weight is 382 g/mol. The number of aromatic nitrogens is 2. The van der Waals surface area contributed by atoms with Gasteiger partial charge in [-0.05, 0) is 49.9 Å². The minimum Gasteiger partial charge on any atom is -0.493 e. The molecule has 0 spiro atoms. The third-order valence-electron chi connectivity index (χ3n) is 5.99. The number of rotatable bonds is 5. The molecule has 1 saturated carbocycles. The lowest BCUT2D eigenvalue weighted by atomic mass is 9.90. The molecule has 1 saturated heterocycles. The normalized spacial score (nSPS) is 24.6. The minimum absolute atomic E-state index is 0.000499. The number of nitrogens with zero attached hydrogens (tertiary/aromatic N) is 3. The molecule has 3 heterocycles. The van der Waals surface area contributed by atoms with Gasteiger partial charge >= 0.3 is 0 Å². The third kappa shape index (κ3) is 3.63. The number of fused-ring (bicyclic) bond motifs is 1. The van der Waals surface area contributed by atoms with E-state index in [0.717, 1.165) is 57.7 Å². The van der Waals surface area contributed by atoms with E-state index in [1.807, 2.05) is 6.92 Å². The van der Waals surface area contributed by atoms with Crippen molar-refractivity contribution in [3.05, 3.63) is 41.0 Å². The number of nitrogens with one attached hydrogen (secondary N) is 1. The Hall–Kier alpha value is -2.41. The largest absolute Gasteiger partial charge is 0.493 e. The van der Waals surface area contributed by atoms with Crippen molar-refractivity contribution in [1.82, 2.24) is 20.4 Å². The average Bonchev–Trinajstić information content (AvgIpc) is 3.29. The first kappa shape index (κ1) is 17.7. The molecule has 0 unspecified atom stereocenters. The van der Waals surface area contributed by atoms with Crippen molar-refractivity contribution in [1.29, 1.82) is 0 Å². The molecule has 1 aromatic carbocycles. The van der Waals surface area contributed by atoms with Crippen molar-refractivity contribution in [2.24, 2.45) is 5.92 Å². The number of piperidine rings is 1. The van der Waals surface area contributed by atoms with Gasteiger partial charge < -0.3 is 14.6 Å². The van der Waals surface area contributed by atoms with Crippen LogP contribution >= 0.6 is 0 Å². The molecule has 1 amide bonds. The van der Waals surface area contributed by atoms with E-state index in [2.05, 4.69) is 38.6 Å². The van der Waals surface area contributed by atoms with E-state index < -0.39 is 0 Å². The second kappa shape index (κ2) is 7.20. The van der Waals surface area contributed by atoms with Gasteiger partial charge in [0, 0.05) is 25.4 Å². The minimum atomic E-state index is -0.000499. The maximum atomic E-state index is 12.4. The highest BCUT2D eigenvalue weighted by molar-refractivity contribution is 5.81. The number of ether oxygens (including phenoxy) is 1. The highest BCUT2D eigenvalue weighted by Gasteiger charge is 2.38. The fourth-order valence-corrected chi connectivity index (χ4v) is 4.31. The molecule has 1 aromatic heterocycles. The van der Waals surface area contributed by atoms with Gasteiger partial charge in [0.1, 0.15) is 5.75 Å². The Morgan fingerprint density at radius 1 is 1.32 bits per heavy atom. The second-order valence-corrected chi connectivity index (χ2v) is 8.24. The molecule has 2 aliphatic heterocycles. The third-order valence-corrected chi connectivity index (χ3v) is 5.99. The number of hydrogen-bond acceptors (Lipinski definition) is 6. The van der Waals surface area contributed by atoms with Gasteiger partial charge in [-0.2, -0.15) is 4.98 Å². The van der Waals surface area contributed by atoms with Gasteiger partial charge in [0.25, 0.3) is 0 Å². The number of likely N-dealkylation sites (tertiary alicyclic amines) is 1. The standard InChI is InChI=1S/C21H26N4O3/c1-13-22-21(28-24-13)17-6-8-25(12-18(17)23-20(26)15-3-4-15)11-14-2-5-19-16(10-14)7-9-27-19/h2,5,10,15,17-18H,3-4,6-9,11-12H2,1H3,(H,23,26)/t17-,18+/m0/s1. The van der Waals surface area contributed by atoms with Crippen LogP contribution < -0.4 is 10.1 Å². The first-order chi connectivity index (χ1) is 13.7. The van der Waals surface area contributed by atoms with Gasteiger partial charge in [0.2, 0.25) is 11.8 Å². The number of amides is 1. The molecule has 1 aliphatic carbocycles. The molecule has 2 fully saturated rings. The molecule has 5 rings (SSSR count). The molecule has 7 heteroatoms. The van der Waals surface area contributed by atoms with Gasteiger partial charge in [-0.1, -0.05) is 17.3 Å². The van der Waals surface area contributed by atoms with Crippen molar-refractivity contribution in [3.63, 3.8) is 0 Å². The van der Waals surface area contributed by atoms with Crippen LogP contribution in [0.3, 0.4) is 0 Å².